The van der Waals surface area contributed by atoms with Crippen molar-refractivity contribution in [2.75, 3.05) is 18.4 Å². The van der Waals surface area contributed by atoms with E-state index in [1.54, 1.807) is 11.3 Å². The average molecular weight is 369 g/mol. The first-order valence-electron chi connectivity index (χ1n) is 9.38. The third-order valence-electron chi connectivity index (χ3n) is 5.34. The summed E-state index contributed by atoms with van der Waals surface area (Å²) in [5.41, 5.74) is 3.18. The van der Waals surface area contributed by atoms with E-state index >= 15 is 0 Å². The fraction of sp³-hybridized carbons (Fsp3) is 0.429. The van der Waals surface area contributed by atoms with Crippen LogP contribution in [0.4, 0.5) is 5.69 Å². The van der Waals surface area contributed by atoms with E-state index in [2.05, 4.69) is 5.32 Å². The van der Waals surface area contributed by atoms with E-state index in [1.165, 1.54) is 10.4 Å². The highest BCUT2D eigenvalue weighted by Crippen LogP contribution is 2.34. The van der Waals surface area contributed by atoms with Crippen LogP contribution in [-0.2, 0) is 17.6 Å². The first kappa shape index (κ1) is 17.3. The Bertz CT molecular complexity index is 836. The smallest absolute Gasteiger partial charge is 0.263 e. The Hall–Kier alpha value is -2.14. The normalized spacial score (nSPS) is 19.3. The van der Waals surface area contributed by atoms with Crippen LogP contribution in [0.5, 0.6) is 0 Å². The number of hydrogen-bond donors (Lipinski definition) is 1. The predicted octanol–water partition coefficient (Wildman–Crippen LogP) is 4.04. The molecule has 5 heteroatoms. The van der Waals surface area contributed by atoms with Crippen molar-refractivity contribution in [1.82, 2.24) is 4.90 Å². The Balaban J connectivity index is 1.44. The lowest BCUT2D eigenvalue weighted by atomic mass is 9.87. The van der Waals surface area contributed by atoms with Crippen LogP contribution in [0.2, 0.25) is 0 Å². The first-order valence-corrected chi connectivity index (χ1v) is 10.2. The first-order chi connectivity index (χ1) is 12.6. The van der Waals surface area contributed by atoms with Crippen LogP contribution in [0.3, 0.4) is 0 Å². The highest BCUT2D eigenvalue weighted by Gasteiger charge is 2.29. The number of amides is 2. The molecule has 0 spiro atoms. The molecule has 2 heterocycles. The largest absolute Gasteiger partial charge is 0.338 e. The standard InChI is InChI=1S/C21H24N2O2S/c1-14-5-4-6-17(11-14)22-20(24)15-7-8-18-16(12-15)13-19(26-18)21(25)23-9-2-3-10-23/h4-6,11,13,15H,2-3,7-10,12H2,1H3,(H,22,24). The summed E-state index contributed by atoms with van der Waals surface area (Å²) in [4.78, 5) is 29.4. The van der Waals surface area contributed by atoms with Crippen molar-refractivity contribution in [1.29, 1.82) is 0 Å². The van der Waals surface area contributed by atoms with E-state index in [1.807, 2.05) is 42.2 Å². The molecule has 2 aliphatic rings. The zero-order valence-electron chi connectivity index (χ0n) is 15.1. The third kappa shape index (κ3) is 3.54. The highest BCUT2D eigenvalue weighted by molar-refractivity contribution is 7.14. The van der Waals surface area contributed by atoms with Gasteiger partial charge in [0.05, 0.1) is 4.88 Å². The minimum absolute atomic E-state index is 0.0210. The van der Waals surface area contributed by atoms with E-state index in [-0.39, 0.29) is 17.7 Å². The Morgan fingerprint density at radius 2 is 2.00 bits per heavy atom. The minimum Gasteiger partial charge on any atom is -0.338 e. The van der Waals surface area contributed by atoms with Crippen molar-refractivity contribution >= 4 is 28.8 Å². The number of nitrogens with one attached hydrogen (secondary N) is 1. The van der Waals surface area contributed by atoms with Crippen LogP contribution >= 0.6 is 11.3 Å². The van der Waals surface area contributed by atoms with E-state index in [9.17, 15) is 9.59 Å². The zero-order chi connectivity index (χ0) is 18.1. The summed E-state index contributed by atoms with van der Waals surface area (Å²) < 4.78 is 0. The van der Waals surface area contributed by atoms with Gasteiger partial charge in [0, 0.05) is 29.6 Å². The van der Waals surface area contributed by atoms with Crippen molar-refractivity contribution in [3.63, 3.8) is 0 Å². The molecule has 26 heavy (non-hydrogen) atoms. The Morgan fingerprint density at radius 1 is 1.19 bits per heavy atom. The molecular weight excluding hydrogens is 344 g/mol. The summed E-state index contributed by atoms with van der Waals surface area (Å²) in [6.07, 6.45) is 4.69. The molecule has 1 aromatic heterocycles. The topological polar surface area (TPSA) is 49.4 Å². The Morgan fingerprint density at radius 3 is 2.77 bits per heavy atom. The molecule has 1 saturated heterocycles. The van der Waals surface area contributed by atoms with Gasteiger partial charge in [-0.3, -0.25) is 9.59 Å². The van der Waals surface area contributed by atoms with Gasteiger partial charge in [-0.25, -0.2) is 0 Å². The van der Waals surface area contributed by atoms with Crippen LogP contribution < -0.4 is 5.32 Å². The zero-order valence-corrected chi connectivity index (χ0v) is 15.9. The average Bonchev–Trinajstić information content (AvgIpc) is 3.30. The number of likely N-dealkylation sites (tertiary alicyclic amines) is 1. The molecular formula is C21H24N2O2S. The van der Waals surface area contributed by atoms with Gasteiger partial charge in [-0.2, -0.15) is 0 Å². The predicted molar refractivity (Wildman–Crippen MR) is 105 cm³/mol. The summed E-state index contributed by atoms with van der Waals surface area (Å²) in [5, 5.41) is 3.05. The van der Waals surface area contributed by atoms with E-state index in [0.29, 0.717) is 0 Å². The van der Waals surface area contributed by atoms with Crippen molar-refractivity contribution in [2.45, 2.75) is 39.0 Å². The summed E-state index contributed by atoms with van der Waals surface area (Å²) in [6, 6.07) is 9.93. The number of rotatable bonds is 3. The fourth-order valence-electron chi connectivity index (χ4n) is 3.90. The highest BCUT2D eigenvalue weighted by atomic mass is 32.1. The lowest BCUT2D eigenvalue weighted by molar-refractivity contribution is -0.120. The molecule has 4 rings (SSSR count). The maximum atomic E-state index is 12.7. The number of thiophene rings is 1. The summed E-state index contributed by atoms with van der Waals surface area (Å²) in [5.74, 6) is 0.231. The molecule has 0 saturated carbocycles. The van der Waals surface area contributed by atoms with Crippen LogP contribution in [0, 0.1) is 12.8 Å². The van der Waals surface area contributed by atoms with Gasteiger partial charge in [-0.05, 0) is 68.4 Å². The monoisotopic (exact) mass is 368 g/mol. The molecule has 1 N–H and O–H groups in total. The summed E-state index contributed by atoms with van der Waals surface area (Å²) in [7, 11) is 0. The van der Waals surface area contributed by atoms with Gasteiger partial charge in [-0.15, -0.1) is 11.3 Å². The van der Waals surface area contributed by atoms with E-state index in [0.717, 1.165) is 61.3 Å². The van der Waals surface area contributed by atoms with E-state index < -0.39 is 0 Å². The minimum atomic E-state index is -0.0210. The van der Waals surface area contributed by atoms with Gasteiger partial charge in [0.15, 0.2) is 0 Å². The SMILES string of the molecule is Cc1cccc(NC(=O)C2CCc3sc(C(=O)N4CCCC4)cc3C2)c1. The van der Waals surface area contributed by atoms with Crippen molar-refractivity contribution < 1.29 is 9.59 Å². The van der Waals surface area contributed by atoms with Gasteiger partial charge >= 0.3 is 0 Å². The molecule has 4 nitrogen and oxygen atoms in total. The second kappa shape index (κ2) is 7.23. The number of hydrogen-bond acceptors (Lipinski definition) is 3. The molecule has 1 fully saturated rings. The van der Waals surface area contributed by atoms with Gasteiger partial charge < -0.3 is 10.2 Å². The molecule has 1 aliphatic heterocycles. The molecule has 1 atom stereocenters. The molecule has 1 aromatic carbocycles. The quantitative estimate of drug-likeness (QED) is 0.889. The number of carbonyl (C=O) groups is 2. The second-order valence-corrected chi connectivity index (χ2v) is 8.49. The third-order valence-corrected chi connectivity index (χ3v) is 6.57. The van der Waals surface area contributed by atoms with Crippen LogP contribution in [0.25, 0.3) is 0 Å². The number of anilines is 1. The van der Waals surface area contributed by atoms with Crippen molar-refractivity contribution in [3.05, 3.63) is 51.2 Å². The summed E-state index contributed by atoms with van der Waals surface area (Å²) in [6.45, 7) is 3.78. The Labute approximate surface area is 158 Å². The van der Waals surface area contributed by atoms with Gasteiger partial charge in [0.25, 0.3) is 5.91 Å². The molecule has 0 radical (unpaired) electrons. The molecule has 136 valence electrons. The van der Waals surface area contributed by atoms with Crippen molar-refractivity contribution in [3.8, 4) is 0 Å². The molecule has 1 aliphatic carbocycles. The molecule has 2 amide bonds. The molecule has 0 bridgehead atoms. The maximum Gasteiger partial charge on any atom is 0.263 e. The fourth-order valence-corrected chi connectivity index (χ4v) is 5.07. The second-order valence-electron chi connectivity index (χ2n) is 7.36. The van der Waals surface area contributed by atoms with Crippen molar-refractivity contribution in [2.24, 2.45) is 5.92 Å². The number of benzene rings is 1. The number of fused-ring (bicyclic) bond motifs is 1. The maximum absolute atomic E-state index is 12.7. The molecule has 2 aromatic rings. The number of aryl methyl sites for hydroxylation is 2. The molecule has 1 unspecified atom stereocenters. The lowest BCUT2D eigenvalue weighted by Gasteiger charge is -2.21. The van der Waals surface area contributed by atoms with Gasteiger partial charge in [-0.1, -0.05) is 12.1 Å². The van der Waals surface area contributed by atoms with Gasteiger partial charge in [0.2, 0.25) is 5.91 Å². The number of nitrogens with zero attached hydrogens (tertiary/aromatic N) is 1. The Kier molecular flexibility index (Phi) is 4.81. The van der Waals surface area contributed by atoms with E-state index in [4.69, 9.17) is 0 Å². The lowest BCUT2D eigenvalue weighted by Crippen LogP contribution is -2.27. The van der Waals surface area contributed by atoms with Crippen LogP contribution in [0.15, 0.2) is 30.3 Å². The van der Waals surface area contributed by atoms with Gasteiger partial charge in [0.1, 0.15) is 0 Å². The summed E-state index contributed by atoms with van der Waals surface area (Å²) >= 11 is 1.63. The van der Waals surface area contributed by atoms with Crippen LogP contribution in [0.1, 0.15) is 44.9 Å². The number of carbonyl (C=O) groups excluding carboxylic acids is 2. The van der Waals surface area contributed by atoms with Crippen LogP contribution in [-0.4, -0.2) is 29.8 Å².